The van der Waals surface area contributed by atoms with E-state index in [2.05, 4.69) is 0 Å². The molecule has 0 N–H and O–H groups in total. The summed E-state index contributed by atoms with van der Waals surface area (Å²) in [5, 5.41) is 0. The molecule has 5 nitrogen and oxygen atoms in total. The summed E-state index contributed by atoms with van der Waals surface area (Å²) in [6.07, 6.45) is 5.25. The van der Waals surface area contributed by atoms with E-state index in [9.17, 15) is 14.0 Å². The molecule has 0 unspecified atom stereocenters. The number of rotatable bonds is 3. The van der Waals surface area contributed by atoms with Crippen LogP contribution >= 0.6 is 0 Å². The van der Waals surface area contributed by atoms with Gasteiger partial charge in [0, 0.05) is 11.8 Å². The maximum Gasteiger partial charge on any atom is 0.335 e. The highest BCUT2D eigenvalue weighted by Crippen LogP contribution is 2.86. The molecule has 5 aliphatic rings. The fourth-order valence-electron chi connectivity index (χ4n) is 7.19. The van der Waals surface area contributed by atoms with Gasteiger partial charge in [0.05, 0.1) is 25.4 Å². The van der Waals surface area contributed by atoms with Gasteiger partial charge in [0.2, 0.25) is 0 Å². The minimum Gasteiger partial charge on any atom is -0.466 e. The van der Waals surface area contributed by atoms with E-state index in [-0.39, 0.29) is 17.7 Å². The zero-order chi connectivity index (χ0) is 20.1. The molecule has 1 aromatic carbocycles. The third-order valence-electron chi connectivity index (χ3n) is 7.96. The van der Waals surface area contributed by atoms with Crippen molar-refractivity contribution in [1.29, 1.82) is 0 Å². The highest BCUT2D eigenvalue weighted by Gasteiger charge is 2.94. The predicted molar refractivity (Wildman–Crippen MR) is 99.8 cm³/mol. The van der Waals surface area contributed by atoms with E-state index in [4.69, 9.17) is 14.2 Å². The summed E-state index contributed by atoms with van der Waals surface area (Å²) < 4.78 is 30.1. The predicted octanol–water partition coefficient (Wildman–Crippen LogP) is 3.05. The lowest BCUT2D eigenvalue weighted by Crippen LogP contribution is -2.42. The quantitative estimate of drug-likeness (QED) is 0.580. The summed E-state index contributed by atoms with van der Waals surface area (Å²) in [6, 6.07) is 6.25. The first-order valence-electron chi connectivity index (χ1n) is 10.1. The van der Waals surface area contributed by atoms with Gasteiger partial charge in [-0.3, -0.25) is 0 Å². The van der Waals surface area contributed by atoms with Crippen molar-refractivity contribution >= 4 is 18.0 Å². The lowest BCUT2D eigenvalue weighted by Gasteiger charge is -2.29. The molecule has 6 heteroatoms. The van der Waals surface area contributed by atoms with Gasteiger partial charge in [-0.15, -0.1) is 0 Å². The summed E-state index contributed by atoms with van der Waals surface area (Å²) in [6.45, 7) is 0. The number of fused-ring (bicyclic) bond motifs is 4. The molecule has 0 spiro atoms. The Hall–Kier alpha value is -2.47. The molecule has 1 saturated heterocycles. The SMILES string of the molecule is COC(=O)C1=C(C(=O)OC)[C@H]2C(=Cc3ccc(F)cc3)[C@H]1[C@@]13O[C@]21[C@H]1CC[C@H]3C1. The average Bonchev–Trinajstić information content (AvgIpc) is 3.03. The highest BCUT2D eigenvalue weighted by molar-refractivity contribution is 6.06. The Labute approximate surface area is 167 Å². The summed E-state index contributed by atoms with van der Waals surface area (Å²) in [5.74, 6) is -1.14. The van der Waals surface area contributed by atoms with Crippen LogP contribution in [0.4, 0.5) is 4.39 Å². The van der Waals surface area contributed by atoms with E-state index >= 15 is 0 Å². The molecule has 0 aromatic heterocycles. The second-order valence-corrected chi connectivity index (χ2v) is 8.77. The molecule has 1 aromatic rings. The Morgan fingerprint density at radius 1 is 1.00 bits per heavy atom. The Kier molecular flexibility index (Phi) is 3.22. The smallest absolute Gasteiger partial charge is 0.335 e. The molecule has 0 amide bonds. The van der Waals surface area contributed by atoms with E-state index < -0.39 is 23.1 Å². The van der Waals surface area contributed by atoms with E-state index in [0.717, 1.165) is 30.4 Å². The van der Waals surface area contributed by atoms with Gasteiger partial charge in [0.1, 0.15) is 17.0 Å². The van der Waals surface area contributed by atoms with Gasteiger partial charge in [-0.05, 0) is 54.4 Å². The third kappa shape index (κ3) is 1.76. The number of epoxide rings is 1. The maximum absolute atomic E-state index is 13.4. The normalized spacial score (nSPS) is 40.0. The molecule has 4 aliphatic carbocycles. The van der Waals surface area contributed by atoms with Gasteiger partial charge in [-0.25, -0.2) is 14.0 Å². The molecular weight excluding hydrogens is 375 g/mol. The zero-order valence-electron chi connectivity index (χ0n) is 16.2. The number of hydrogen-bond donors (Lipinski definition) is 0. The van der Waals surface area contributed by atoms with Crippen molar-refractivity contribution < 1.29 is 28.2 Å². The summed E-state index contributed by atoms with van der Waals surface area (Å²) >= 11 is 0. The standard InChI is InChI=1S/C23H21FO5/c1-27-20(25)16-17(21(26)28-2)19-15(9-11-3-7-14(24)8-4-11)18(16)22-12-5-6-13(10-12)23(19,22)29-22/h3-4,7-9,12-13,18-19H,5-6,10H2,1-2H3/t12-,13-,18+,19+,22+,23+/m0/s1. The van der Waals surface area contributed by atoms with E-state index in [1.54, 1.807) is 12.1 Å². The number of halogens is 1. The van der Waals surface area contributed by atoms with Gasteiger partial charge in [0.25, 0.3) is 0 Å². The molecule has 29 heavy (non-hydrogen) atoms. The van der Waals surface area contributed by atoms with E-state index in [1.807, 2.05) is 6.08 Å². The molecule has 4 bridgehead atoms. The first kappa shape index (κ1) is 17.4. The van der Waals surface area contributed by atoms with Crippen molar-refractivity contribution in [3.63, 3.8) is 0 Å². The molecule has 4 fully saturated rings. The topological polar surface area (TPSA) is 65.1 Å². The molecule has 0 radical (unpaired) electrons. The van der Waals surface area contributed by atoms with E-state index in [0.29, 0.717) is 23.0 Å². The van der Waals surface area contributed by atoms with Crippen LogP contribution in [0.25, 0.3) is 6.08 Å². The van der Waals surface area contributed by atoms with Crippen LogP contribution < -0.4 is 0 Å². The third-order valence-corrected chi connectivity index (χ3v) is 7.96. The monoisotopic (exact) mass is 396 g/mol. The highest BCUT2D eigenvalue weighted by atomic mass is 19.1. The maximum atomic E-state index is 13.4. The number of esters is 2. The number of ether oxygens (including phenoxy) is 3. The van der Waals surface area contributed by atoms with Crippen molar-refractivity contribution in [3.8, 4) is 0 Å². The van der Waals surface area contributed by atoms with Gasteiger partial charge < -0.3 is 14.2 Å². The molecule has 150 valence electrons. The molecule has 3 saturated carbocycles. The molecular formula is C23H21FO5. The van der Waals surface area contributed by atoms with Crippen molar-refractivity contribution in [3.05, 3.63) is 52.4 Å². The molecule has 1 heterocycles. The van der Waals surface area contributed by atoms with Gasteiger partial charge >= 0.3 is 11.9 Å². The number of methoxy groups -OCH3 is 2. The minimum absolute atomic E-state index is 0.302. The summed E-state index contributed by atoms with van der Waals surface area (Å²) in [7, 11) is 2.66. The minimum atomic E-state index is -0.496. The van der Waals surface area contributed by atoms with Crippen LogP contribution in [0.15, 0.2) is 41.0 Å². The van der Waals surface area contributed by atoms with Crippen LogP contribution in [-0.4, -0.2) is 37.4 Å². The zero-order valence-corrected chi connectivity index (χ0v) is 16.2. The lowest BCUT2D eigenvalue weighted by molar-refractivity contribution is -0.140. The largest absolute Gasteiger partial charge is 0.466 e. The van der Waals surface area contributed by atoms with Gasteiger partial charge in [-0.1, -0.05) is 18.2 Å². The second-order valence-electron chi connectivity index (χ2n) is 8.77. The van der Waals surface area contributed by atoms with Crippen LogP contribution in [0.3, 0.4) is 0 Å². The summed E-state index contributed by atoms with van der Waals surface area (Å²) in [5.41, 5.74) is 1.80. The van der Waals surface area contributed by atoms with Crippen LogP contribution in [0.2, 0.25) is 0 Å². The average molecular weight is 396 g/mol. The number of hydrogen-bond acceptors (Lipinski definition) is 5. The van der Waals surface area contributed by atoms with Crippen molar-refractivity contribution in [1.82, 2.24) is 0 Å². The Balaban J connectivity index is 1.57. The Morgan fingerprint density at radius 2 is 1.52 bits per heavy atom. The fraction of sp³-hybridized carbons (Fsp3) is 0.478. The summed E-state index contributed by atoms with van der Waals surface area (Å²) in [4.78, 5) is 25.6. The Bertz CT molecular complexity index is 970. The Morgan fingerprint density at radius 3 is 2.00 bits per heavy atom. The number of benzene rings is 1. The molecule has 1 aliphatic heterocycles. The fourth-order valence-corrected chi connectivity index (χ4v) is 7.19. The molecule has 6 rings (SSSR count). The van der Waals surface area contributed by atoms with Crippen LogP contribution in [-0.2, 0) is 23.8 Å². The van der Waals surface area contributed by atoms with Crippen LogP contribution in [0.1, 0.15) is 24.8 Å². The first-order chi connectivity index (χ1) is 14.0. The lowest BCUT2D eigenvalue weighted by atomic mass is 9.69. The second kappa shape index (κ2) is 5.36. The van der Waals surface area contributed by atoms with Crippen molar-refractivity contribution in [2.75, 3.05) is 14.2 Å². The van der Waals surface area contributed by atoms with Gasteiger partial charge in [-0.2, -0.15) is 0 Å². The number of carbonyl (C=O) groups is 2. The first-order valence-corrected chi connectivity index (χ1v) is 10.1. The van der Waals surface area contributed by atoms with Crippen LogP contribution in [0.5, 0.6) is 0 Å². The van der Waals surface area contributed by atoms with Crippen LogP contribution in [0, 0.1) is 29.5 Å². The van der Waals surface area contributed by atoms with Crippen molar-refractivity contribution in [2.24, 2.45) is 23.7 Å². The number of carbonyl (C=O) groups excluding carboxylic acids is 2. The van der Waals surface area contributed by atoms with Gasteiger partial charge in [0.15, 0.2) is 0 Å². The van der Waals surface area contributed by atoms with E-state index in [1.165, 1.54) is 26.4 Å². The van der Waals surface area contributed by atoms with Crippen molar-refractivity contribution in [2.45, 2.75) is 30.5 Å². The molecule has 6 atom stereocenters.